The van der Waals surface area contributed by atoms with Crippen molar-refractivity contribution in [1.29, 1.82) is 5.26 Å². The van der Waals surface area contributed by atoms with Crippen molar-refractivity contribution >= 4 is 11.6 Å². The van der Waals surface area contributed by atoms with Crippen molar-refractivity contribution in [3.8, 4) is 6.07 Å². The van der Waals surface area contributed by atoms with Gasteiger partial charge in [-0.1, -0.05) is 23.7 Å². The van der Waals surface area contributed by atoms with Gasteiger partial charge in [0, 0.05) is 10.6 Å². The van der Waals surface area contributed by atoms with Gasteiger partial charge in [0.05, 0.1) is 0 Å². The van der Waals surface area contributed by atoms with E-state index >= 15 is 0 Å². The number of alkyl halides is 2. The highest BCUT2D eigenvalue weighted by molar-refractivity contribution is 6.30. The molecule has 1 aromatic carbocycles. The predicted molar refractivity (Wildman–Crippen MR) is 47.0 cm³/mol. The highest BCUT2D eigenvalue weighted by atomic mass is 35.5. The standard InChI is InChI=1S/C9H6ClF2NO/c10-7-3-1-6(2-4-7)9(11,12)8(14)5-13/h1-4,8,14H. The van der Waals surface area contributed by atoms with Crippen molar-refractivity contribution in [3.63, 3.8) is 0 Å². The van der Waals surface area contributed by atoms with Gasteiger partial charge in [-0.2, -0.15) is 14.0 Å². The molecule has 74 valence electrons. The van der Waals surface area contributed by atoms with Gasteiger partial charge in [-0.25, -0.2) is 0 Å². The Morgan fingerprint density at radius 2 is 1.86 bits per heavy atom. The van der Waals surface area contributed by atoms with Crippen molar-refractivity contribution in [1.82, 2.24) is 0 Å². The summed E-state index contributed by atoms with van der Waals surface area (Å²) in [5, 5.41) is 17.3. The van der Waals surface area contributed by atoms with Gasteiger partial charge in [0.15, 0.2) is 0 Å². The zero-order valence-electron chi connectivity index (χ0n) is 6.92. The molecule has 0 aromatic heterocycles. The van der Waals surface area contributed by atoms with E-state index in [9.17, 15) is 8.78 Å². The first kappa shape index (κ1) is 10.9. The Balaban J connectivity index is 3.05. The highest BCUT2D eigenvalue weighted by Gasteiger charge is 2.40. The molecule has 1 unspecified atom stereocenters. The third kappa shape index (κ3) is 2.00. The van der Waals surface area contributed by atoms with E-state index in [4.69, 9.17) is 22.0 Å². The van der Waals surface area contributed by atoms with Crippen LogP contribution >= 0.6 is 11.6 Å². The molecule has 0 spiro atoms. The number of nitrogens with zero attached hydrogens (tertiary/aromatic N) is 1. The summed E-state index contributed by atoms with van der Waals surface area (Å²) in [5.74, 6) is -3.57. The zero-order valence-corrected chi connectivity index (χ0v) is 7.67. The Morgan fingerprint density at radius 3 is 2.29 bits per heavy atom. The van der Waals surface area contributed by atoms with Crippen LogP contribution in [0.2, 0.25) is 5.02 Å². The Morgan fingerprint density at radius 1 is 1.36 bits per heavy atom. The molecule has 0 radical (unpaired) electrons. The monoisotopic (exact) mass is 217 g/mol. The third-order valence-electron chi connectivity index (χ3n) is 1.69. The first-order valence-electron chi connectivity index (χ1n) is 3.70. The van der Waals surface area contributed by atoms with Gasteiger partial charge < -0.3 is 5.11 Å². The van der Waals surface area contributed by atoms with Crippen molar-refractivity contribution in [2.24, 2.45) is 0 Å². The molecular weight excluding hydrogens is 212 g/mol. The van der Waals surface area contributed by atoms with Crippen LogP contribution in [-0.2, 0) is 5.92 Å². The molecule has 1 N–H and O–H groups in total. The topological polar surface area (TPSA) is 44.0 Å². The second-order valence-corrected chi connectivity index (χ2v) is 3.10. The summed E-state index contributed by atoms with van der Waals surface area (Å²) in [7, 11) is 0. The quantitative estimate of drug-likeness (QED) is 0.773. The molecular formula is C9H6ClF2NO. The van der Waals surface area contributed by atoms with Crippen LogP contribution in [0.3, 0.4) is 0 Å². The van der Waals surface area contributed by atoms with E-state index in [1.165, 1.54) is 12.1 Å². The Kier molecular flexibility index (Phi) is 3.04. The minimum atomic E-state index is -3.57. The molecule has 0 saturated heterocycles. The van der Waals surface area contributed by atoms with Gasteiger partial charge in [-0.3, -0.25) is 0 Å². The average molecular weight is 218 g/mol. The van der Waals surface area contributed by atoms with E-state index in [1.807, 2.05) is 0 Å². The lowest BCUT2D eigenvalue weighted by Crippen LogP contribution is -2.29. The van der Waals surface area contributed by atoms with Gasteiger partial charge in [0.2, 0.25) is 6.10 Å². The smallest absolute Gasteiger partial charge is 0.311 e. The number of hydrogen-bond acceptors (Lipinski definition) is 2. The van der Waals surface area contributed by atoms with Gasteiger partial charge in [0.1, 0.15) is 6.07 Å². The molecule has 0 saturated carbocycles. The van der Waals surface area contributed by atoms with Crippen LogP contribution in [0.25, 0.3) is 0 Å². The molecule has 1 rings (SSSR count). The zero-order chi connectivity index (χ0) is 10.8. The molecule has 0 heterocycles. The molecule has 1 atom stereocenters. The molecule has 14 heavy (non-hydrogen) atoms. The summed E-state index contributed by atoms with van der Waals surface area (Å²) in [6.07, 6.45) is -2.34. The van der Waals surface area contributed by atoms with Crippen LogP contribution in [0.15, 0.2) is 24.3 Å². The third-order valence-corrected chi connectivity index (χ3v) is 1.95. The maximum absolute atomic E-state index is 13.2. The lowest BCUT2D eigenvalue weighted by molar-refractivity contribution is -0.0892. The fourth-order valence-corrected chi connectivity index (χ4v) is 1.04. The molecule has 0 aliphatic heterocycles. The molecule has 0 fully saturated rings. The van der Waals surface area contributed by atoms with E-state index in [2.05, 4.69) is 0 Å². The lowest BCUT2D eigenvalue weighted by Gasteiger charge is -2.17. The number of benzene rings is 1. The van der Waals surface area contributed by atoms with Crippen molar-refractivity contribution in [3.05, 3.63) is 34.9 Å². The fraction of sp³-hybridized carbons (Fsp3) is 0.222. The Hall–Kier alpha value is -1.18. The molecule has 0 aliphatic rings. The summed E-state index contributed by atoms with van der Waals surface area (Å²) in [4.78, 5) is 0. The molecule has 0 aliphatic carbocycles. The first-order chi connectivity index (χ1) is 6.48. The number of nitriles is 1. The maximum atomic E-state index is 13.2. The van der Waals surface area contributed by atoms with Crippen LogP contribution in [-0.4, -0.2) is 11.2 Å². The molecule has 0 amide bonds. The largest absolute Gasteiger partial charge is 0.373 e. The Labute approximate surface area is 84.3 Å². The minimum absolute atomic E-state index is 0.316. The number of hydrogen-bond donors (Lipinski definition) is 1. The van der Waals surface area contributed by atoms with Crippen LogP contribution in [0.1, 0.15) is 5.56 Å². The predicted octanol–water partition coefficient (Wildman–Crippen LogP) is 2.32. The molecule has 2 nitrogen and oxygen atoms in total. The summed E-state index contributed by atoms with van der Waals surface area (Å²) < 4.78 is 26.3. The van der Waals surface area contributed by atoms with Crippen LogP contribution in [0, 0.1) is 11.3 Å². The number of halogens is 3. The fourth-order valence-electron chi connectivity index (χ4n) is 0.911. The number of aliphatic hydroxyl groups excluding tert-OH is 1. The normalized spacial score (nSPS) is 13.4. The van der Waals surface area contributed by atoms with Gasteiger partial charge in [-0.05, 0) is 12.1 Å². The Bertz CT molecular complexity index is 358. The second-order valence-electron chi connectivity index (χ2n) is 2.66. The van der Waals surface area contributed by atoms with E-state index in [-0.39, 0.29) is 0 Å². The highest BCUT2D eigenvalue weighted by Crippen LogP contribution is 2.32. The van der Waals surface area contributed by atoms with E-state index in [1.54, 1.807) is 0 Å². The number of rotatable bonds is 2. The SMILES string of the molecule is N#CC(O)C(F)(F)c1ccc(Cl)cc1. The summed E-state index contributed by atoms with van der Waals surface area (Å²) in [5.41, 5.74) is -0.434. The van der Waals surface area contributed by atoms with Crippen molar-refractivity contribution in [2.75, 3.05) is 0 Å². The lowest BCUT2D eigenvalue weighted by atomic mass is 10.0. The summed E-state index contributed by atoms with van der Waals surface area (Å²) in [6.45, 7) is 0. The molecule has 1 aromatic rings. The maximum Gasteiger partial charge on any atom is 0.311 e. The number of aliphatic hydroxyl groups is 1. The second kappa shape index (κ2) is 3.91. The van der Waals surface area contributed by atoms with Crippen molar-refractivity contribution < 1.29 is 13.9 Å². The van der Waals surface area contributed by atoms with Gasteiger partial charge in [-0.15, -0.1) is 0 Å². The van der Waals surface area contributed by atoms with Crippen molar-refractivity contribution in [2.45, 2.75) is 12.0 Å². The summed E-state index contributed by atoms with van der Waals surface area (Å²) in [6, 6.07) is 5.78. The van der Waals surface area contributed by atoms with E-state index in [0.29, 0.717) is 5.02 Å². The summed E-state index contributed by atoms with van der Waals surface area (Å²) >= 11 is 5.50. The molecule has 0 bridgehead atoms. The van der Waals surface area contributed by atoms with Crippen LogP contribution in [0.5, 0.6) is 0 Å². The van der Waals surface area contributed by atoms with E-state index in [0.717, 1.165) is 18.2 Å². The van der Waals surface area contributed by atoms with Gasteiger partial charge >= 0.3 is 5.92 Å². The average Bonchev–Trinajstić information content (AvgIpc) is 2.17. The van der Waals surface area contributed by atoms with Crippen LogP contribution in [0.4, 0.5) is 8.78 Å². The van der Waals surface area contributed by atoms with Gasteiger partial charge in [0.25, 0.3) is 0 Å². The minimum Gasteiger partial charge on any atom is -0.373 e. The first-order valence-corrected chi connectivity index (χ1v) is 4.08. The van der Waals surface area contributed by atoms with Crippen LogP contribution < -0.4 is 0 Å². The van der Waals surface area contributed by atoms with E-state index < -0.39 is 17.6 Å². The molecule has 5 heteroatoms.